The van der Waals surface area contributed by atoms with Gasteiger partial charge in [-0.25, -0.2) is 0 Å². The molecule has 0 fully saturated rings. The second kappa shape index (κ2) is 4.63. The number of hydrogen-bond acceptors (Lipinski definition) is 3. The number of ether oxygens (including phenoxy) is 1. The van der Waals surface area contributed by atoms with Crippen molar-refractivity contribution in [3.8, 4) is 5.75 Å². The lowest BCUT2D eigenvalue weighted by Gasteiger charge is -2.10. The van der Waals surface area contributed by atoms with Crippen molar-refractivity contribution in [2.75, 3.05) is 0 Å². The lowest BCUT2D eigenvalue weighted by atomic mass is 10.1. The fourth-order valence-electron chi connectivity index (χ4n) is 2.64. The minimum absolute atomic E-state index is 0.0508. The van der Waals surface area contributed by atoms with Crippen LogP contribution in [0.1, 0.15) is 41.5 Å². The lowest BCUT2D eigenvalue weighted by molar-refractivity contribution is -0.133. The van der Waals surface area contributed by atoms with Crippen molar-refractivity contribution in [1.82, 2.24) is 4.57 Å². The second-order valence-electron chi connectivity index (χ2n) is 4.86. The van der Waals surface area contributed by atoms with Gasteiger partial charge in [0.15, 0.2) is 5.75 Å². The van der Waals surface area contributed by atoms with E-state index in [2.05, 4.69) is 0 Å². The van der Waals surface area contributed by atoms with Crippen LogP contribution in [-0.2, 0) is 11.3 Å². The maximum Gasteiger partial charge on any atom is 0.320 e. The monoisotopic (exact) mass is 269 g/mol. The van der Waals surface area contributed by atoms with Crippen LogP contribution in [0.25, 0.3) is 0 Å². The summed E-state index contributed by atoms with van der Waals surface area (Å²) in [6, 6.07) is 10.8. The van der Waals surface area contributed by atoms with Gasteiger partial charge in [-0.1, -0.05) is 30.3 Å². The largest absolute Gasteiger partial charge is 0.424 e. The second-order valence-corrected chi connectivity index (χ2v) is 4.86. The van der Waals surface area contributed by atoms with E-state index in [1.165, 1.54) is 0 Å². The first kappa shape index (κ1) is 12.7. The van der Waals surface area contributed by atoms with E-state index in [-0.39, 0.29) is 17.7 Å². The average molecular weight is 269 g/mol. The predicted molar refractivity (Wildman–Crippen MR) is 74.0 cm³/mol. The first-order chi connectivity index (χ1) is 9.63. The summed E-state index contributed by atoms with van der Waals surface area (Å²) >= 11 is 0. The molecule has 0 aliphatic carbocycles. The Morgan fingerprint density at radius 2 is 2.00 bits per heavy atom. The molecule has 0 radical (unpaired) electrons. The molecule has 0 bridgehead atoms. The standard InChI is InChI=1S/C16H15NO3/c1-3-17-12(15(18)11-7-5-4-6-8-11)9-13-14(17)10(2)16(19)20-13/h4-10H,3H2,1-2H3. The maximum absolute atomic E-state index is 12.6. The molecule has 0 saturated carbocycles. The third-order valence-electron chi connectivity index (χ3n) is 3.66. The molecule has 0 N–H and O–H groups in total. The van der Waals surface area contributed by atoms with Gasteiger partial charge >= 0.3 is 5.97 Å². The highest BCUT2D eigenvalue weighted by Gasteiger charge is 2.35. The number of esters is 1. The fraction of sp³-hybridized carbons (Fsp3) is 0.250. The summed E-state index contributed by atoms with van der Waals surface area (Å²) in [5.41, 5.74) is 2.01. The summed E-state index contributed by atoms with van der Waals surface area (Å²) in [7, 11) is 0. The number of carbonyl (C=O) groups is 2. The van der Waals surface area contributed by atoms with Crippen molar-refractivity contribution in [1.29, 1.82) is 0 Å². The van der Waals surface area contributed by atoms with Crippen LogP contribution in [0.3, 0.4) is 0 Å². The summed E-state index contributed by atoms with van der Waals surface area (Å²) in [5, 5.41) is 0. The molecule has 1 unspecified atom stereocenters. The highest BCUT2D eigenvalue weighted by atomic mass is 16.5. The molecule has 0 saturated heterocycles. The van der Waals surface area contributed by atoms with E-state index in [0.29, 0.717) is 23.6 Å². The summed E-state index contributed by atoms with van der Waals surface area (Å²) in [4.78, 5) is 24.1. The molecule has 1 aliphatic rings. The van der Waals surface area contributed by atoms with Crippen molar-refractivity contribution < 1.29 is 14.3 Å². The number of fused-ring (bicyclic) bond motifs is 1. The third-order valence-corrected chi connectivity index (χ3v) is 3.66. The zero-order chi connectivity index (χ0) is 14.3. The van der Waals surface area contributed by atoms with Gasteiger partial charge in [0, 0.05) is 18.2 Å². The Hall–Kier alpha value is -2.36. The van der Waals surface area contributed by atoms with Crippen LogP contribution in [0.4, 0.5) is 0 Å². The molecule has 0 spiro atoms. The van der Waals surface area contributed by atoms with Gasteiger partial charge < -0.3 is 9.30 Å². The number of benzene rings is 1. The Kier molecular flexibility index (Phi) is 2.93. The molecule has 2 heterocycles. The van der Waals surface area contributed by atoms with Crippen LogP contribution >= 0.6 is 0 Å². The Labute approximate surface area is 117 Å². The maximum atomic E-state index is 12.6. The highest BCUT2D eigenvalue weighted by Crippen LogP contribution is 2.38. The molecule has 4 nitrogen and oxygen atoms in total. The molecule has 1 aromatic carbocycles. The molecular weight excluding hydrogens is 254 g/mol. The Balaban J connectivity index is 2.09. The smallest absolute Gasteiger partial charge is 0.320 e. The van der Waals surface area contributed by atoms with Gasteiger partial charge in [0.05, 0.1) is 17.3 Å². The van der Waals surface area contributed by atoms with Gasteiger partial charge in [0.1, 0.15) is 0 Å². The van der Waals surface area contributed by atoms with E-state index in [1.807, 2.05) is 29.7 Å². The third kappa shape index (κ3) is 1.76. The van der Waals surface area contributed by atoms with E-state index >= 15 is 0 Å². The molecule has 1 aromatic heterocycles. The number of hydrogen-bond donors (Lipinski definition) is 0. The van der Waals surface area contributed by atoms with Gasteiger partial charge in [-0.3, -0.25) is 9.59 Å². The molecule has 4 heteroatoms. The Morgan fingerprint density at radius 1 is 1.30 bits per heavy atom. The first-order valence-electron chi connectivity index (χ1n) is 6.68. The van der Waals surface area contributed by atoms with Crippen LogP contribution in [-0.4, -0.2) is 16.3 Å². The minimum atomic E-state index is -0.317. The van der Waals surface area contributed by atoms with Crippen LogP contribution in [0, 0.1) is 0 Å². The summed E-state index contributed by atoms with van der Waals surface area (Å²) in [5.74, 6) is -0.105. The number of ketones is 1. The molecule has 20 heavy (non-hydrogen) atoms. The van der Waals surface area contributed by atoms with Gasteiger partial charge in [0.25, 0.3) is 0 Å². The van der Waals surface area contributed by atoms with Crippen LogP contribution in [0.2, 0.25) is 0 Å². The minimum Gasteiger partial charge on any atom is -0.424 e. The topological polar surface area (TPSA) is 48.3 Å². The molecule has 0 amide bonds. The zero-order valence-electron chi connectivity index (χ0n) is 11.4. The van der Waals surface area contributed by atoms with Crippen molar-refractivity contribution in [3.63, 3.8) is 0 Å². The first-order valence-corrected chi connectivity index (χ1v) is 6.68. The number of rotatable bonds is 3. The van der Waals surface area contributed by atoms with Crippen molar-refractivity contribution in [2.24, 2.45) is 0 Å². The van der Waals surface area contributed by atoms with Gasteiger partial charge in [-0.15, -0.1) is 0 Å². The van der Waals surface area contributed by atoms with Gasteiger partial charge in [-0.05, 0) is 13.8 Å². The zero-order valence-corrected chi connectivity index (χ0v) is 11.4. The normalized spacial score (nSPS) is 16.9. The molecule has 2 aromatic rings. The van der Waals surface area contributed by atoms with E-state index in [9.17, 15) is 9.59 Å². The summed E-state index contributed by atoms with van der Waals surface area (Å²) in [6.45, 7) is 4.39. The highest BCUT2D eigenvalue weighted by molar-refractivity contribution is 6.08. The molecule has 1 atom stereocenters. The molecule has 1 aliphatic heterocycles. The average Bonchev–Trinajstić information content (AvgIpc) is 2.96. The number of aromatic nitrogens is 1. The van der Waals surface area contributed by atoms with Crippen molar-refractivity contribution >= 4 is 11.8 Å². The van der Waals surface area contributed by atoms with Crippen molar-refractivity contribution in [2.45, 2.75) is 26.3 Å². The van der Waals surface area contributed by atoms with E-state index < -0.39 is 0 Å². The number of nitrogens with zero attached hydrogens (tertiary/aromatic N) is 1. The molecular formula is C16H15NO3. The lowest BCUT2D eigenvalue weighted by Crippen LogP contribution is -2.15. The van der Waals surface area contributed by atoms with Crippen molar-refractivity contribution in [3.05, 3.63) is 53.3 Å². The Morgan fingerprint density at radius 3 is 2.65 bits per heavy atom. The predicted octanol–water partition coefficient (Wildman–Crippen LogP) is 2.76. The van der Waals surface area contributed by atoms with E-state index in [1.54, 1.807) is 25.1 Å². The molecule has 3 rings (SSSR count). The van der Waals surface area contributed by atoms with E-state index in [0.717, 1.165) is 5.69 Å². The SMILES string of the molecule is CCn1c(C(=O)c2ccccc2)cc2c1C(C)C(=O)O2. The van der Waals surface area contributed by atoms with Gasteiger partial charge in [0.2, 0.25) is 5.78 Å². The quantitative estimate of drug-likeness (QED) is 0.636. The van der Waals surface area contributed by atoms with Crippen LogP contribution in [0.5, 0.6) is 5.75 Å². The molecule has 102 valence electrons. The summed E-state index contributed by atoms with van der Waals surface area (Å²) < 4.78 is 7.09. The fourth-order valence-corrected chi connectivity index (χ4v) is 2.64. The Bertz CT molecular complexity index is 685. The summed E-state index contributed by atoms with van der Waals surface area (Å²) in [6.07, 6.45) is 0. The number of carbonyl (C=O) groups excluding carboxylic acids is 2. The van der Waals surface area contributed by atoms with Gasteiger partial charge in [-0.2, -0.15) is 0 Å². The van der Waals surface area contributed by atoms with Crippen LogP contribution < -0.4 is 4.74 Å². The van der Waals surface area contributed by atoms with Crippen LogP contribution in [0.15, 0.2) is 36.4 Å². The van der Waals surface area contributed by atoms with E-state index in [4.69, 9.17) is 4.74 Å².